The van der Waals surface area contributed by atoms with E-state index >= 15 is 0 Å². The van der Waals surface area contributed by atoms with E-state index in [1.54, 1.807) is 11.3 Å². The van der Waals surface area contributed by atoms with Crippen LogP contribution in [0, 0.1) is 6.92 Å². The molecule has 0 aliphatic rings. The monoisotopic (exact) mass is 228 g/mol. The van der Waals surface area contributed by atoms with Gasteiger partial charge < -0.3 is 5.11 Å². The molecule has 1 rings (SSSR count). The van der Waals surface area contributed by atoms with E-state index in [0.717, 1.165) is 10.7 Å². The summed E-state index contributed by atoms with van der Waals surface area (Å²) in [6.45, 7) is 4.58. The van der Waals surface area contributed by atoms with Gasteiger partial charge in [-0.15, -0.1) is 11.3 Å². The number of hydrogen-bond acceptors (Lipinski definition) is 4. The molecule has 1 aromatic heterocycles. The minimum atomic E-state index is -0.760. The lowest BCUT2D eigenvalue weighted by Crippen LogP contribution is -2.30. The molecule has 0 spiro atoms. The Morgan fingerprint density at radius 1 is 1.73 bits per heavy atom. The van der Waals surface area contributed by atoms with Crippen LogP contribution < -0.4 is 0 Å². The number of carboxylic acid groups (broad SMARTS) is 1. The van der Waals surface area contributed by atoms with E-state index in [9.17, 15) is 4.79 Å². The van der Waals surface area contributed by atoms with Gasteiger partial charge in [0.05, 0.1) is 17.1 Å². The third-order valence-corrected chi connectivity index (χ3v) is 3.12. The second kappa shape index (κ2) is 5.23. The molecule has 1 unspecified atom stereocenters. The molecular weight excluding hydrogens is 212 g/mol. The summed E-state index contributed by atoms with van der Waals surface area (Å²) in [4.78, 5) is 16.9. The number of nitrogens with zero attached hydrogens (tertiary/aromatic N) is 2. The minimum Gasteiger partial charge on any atom is -0.481 e. The lowest BCUT2D eigenvalue weighted by molar-refractivity contribution is -0.138. The predicted molar refractivity (Wildman–Crippen MR) is 60.0 cm³/mol. The number of rotatable bonds is 5. The molecule has 1 aromatic rings. The second-order valence-corrected chi connectivity index (χ2v) is 4.78. The van der Waals surface area contributed by atoms with E-state index in [0.29, 0.717) is 6.54 Å². The van der Waals surface area contributed by atoms with Gasteiger partial charge in [0.1, 0.15) is 0 Å². The van der Waals surface area contributed by atoms with Crippen LogP contribution in [0.5, 0.6) is 0 Å². The van der Waals surface area contributed by atoms with E-state index in [-0.39, 0.29) is 12.5 Å². The van der Waals surface area contributed by atoms with Gasteiger partial charge in [-0.1, -0.05) is 0 Å². The summed E-state index contributed by atoms with van der Waals surface area (Å²) in [5, 5.41) is 11.7. The van der Waals surface area contributed by atoms with E-state index < -0.39 is 5.97 Å². The fourth-order valence-electron chi connectivity index (χ4n) is 1.30. The zero-order valence-corrected chi connectivity index (χ0v) is 10.0. The van der Waals surface area contributed by atoms with Crippen molar-refractivity contribution in [2.75, 3.05) is 7.05 Å². The zero-order valence-electron chi connectivity index (χ0n) is 9.23. The van der Waals surface area contributed by atoms with Gasteiger partial charge in [0.25, 0.3) is 0 Å². The van der Waals surface area contributed by atoms with Crippen LogP contribution in [-0.4, -0.2) is 34.0 Å². The zero-order chi connectivity index (χ0) is 11.4. The van der Waals surface area contributed by atoms with Crippen molar-refractivity contribution >= 4 is 17.3 Å². The quantitative estimate of drug-likeness (QED) is 0.834. The number of carboxylic acids is 1. The molecule has 5 heteroatoms. The molecule has 0 saturated heterocycles. The Morgan fingerprint density at radius 2 is 2.40 bits per heavy atom. The van der Waals surface area contributed by atoms with E-state index in [2.05, 4.69) is 4.98 Å². The molecule has 0 aromatic carbocycles. The van der Waals surface area contributed by atoms with E-state index in [1.807, 2.05) is 31.2 Å². The minimum absolute atomic E-state index is 0.0320. The first-order valence-electron chi connectivity index (χ1n) is 4.82. The van der Waals surface area contributed by atoms with Gasteiger partial charge >= 0.3 is 5.97 Å². The Hall–Kier alpha value is -0.940. The average molecular weight is 228 g/mol. The summed E-state index contributed by atoms with van der Waals surface area (Å²) in [6, 6.07) is 0.0320. The highest BCUT2D eigenvalue weighted by molar-refractivity contribution is 7.09. The third kappa shape index (κ3) is 3.97. The highest BCUT2D eigenvalue weighted by atomic mass is 32.1. The fraction of sp³-hybridized carbons (Fsp3) is 0.600. The van der Waals surface area contributed by atoms with Crippen LogP contribution in [0.2, 0.25) is 0 Å². The summed E-state index contributed by atoms with van der Waals surface area (Å²) in [6.07, 6.45) is 0.166. The summed E-state index contributed by atoms with van der Waals surface area (Å²) < 4.78 is 0. The normalized spacial score (nSPS) is 13.1. The smallest absolute Gasteiger partial charge is 0.304 e. The molecule has 0 fully saturated rings. The molecular formula is C10H16N2O2S. The van der Waals surface area contributed by atoms with Crippen molar-refractivity contribution in [1.82, 2.24) is 9.88 Å². The maximum atomic E-state index is 10.5. The number of aliphatic carboxylic acids is 1. The molecule has 1 heterocycles. The van der Waals surface area contributed by atoms with Crippen molar-refractivity contribution in [1.29, 1.82) is 0 Å². The molecule has 0 aliphatic heterocycles. The summed E-state index contributed by atoms with van der Waals surface area (Å²) in [7, 11) is 1.92. The summed E-state index contributed by atoms with van der Waals surface area (Å²) in [5.41, 5.74) is 1.01. The van der Waals surface area contributed by atoms with Gasteiger partial charge in [-0.25, -0.2) is 4.98 Å². The van der Waals surface area contributed by atoms with Crippen molar-refractivity contribution in [2.45, 2.75) is 32.9 Å². The SMILES string of the molecule is Cc1nc(CN(C)C(C)CC(=O)O)cs1. The standard InChI is InChI=1S/C10H16N2O2S/c1-7(4-10(13)14)12(3)5-9-6-15-8(2)11-9/h6-7H,4-5H2,1-3H3,(H,13,14). The fourth-order valence-corrected chi connectivity index (χ4v) is 1.90. The second-order valence-electron chi connectivity index (χ2n) is 3.72. The van der Waals surface area contributed by atoms with Crippen molar-refractivity contribution in [3.63, 3.8) is 0 Å². The topological polar surface area (TPSA) is 53.4 Å². The molecule has 1 atom stereocenters. The first kappa shape index (κ1) is 12.1. The molecule has 84 valence electrons. The molecule has 0 aliphatic carbocycles. The van der Waals surface area contributed by atoms with Crippen molar-refractivity contribution in [2.24, 2.45) is 0 Å². The Kier molecular flexibility index (Phi) is 4.23. The van der Waals surface area contributed by atoms with Crippen LogP contribution in [0.15, 0.2) is 5.38 Å². The number of aromatic nitrogens is 1. The summed E-state index contributed by atoms with van der Waals surface area (Å²) in [5.74, 6) is -0.760. The first-order valence-corrected chi connectivity index (χ1v) is 5.70. The Morgan fingerprint density at radius 3 is 2.87 bits per heavy atom. The average Bonchev–Trinajstić information content (AvgIpc) is 2.50. The molecule has 0 radical (unpaired) electrons. The van der Waals surface area contributed by atoms with Gasteiger partial charge in [-0.05, 0) is 20.9 Å². The van der Waals surface area contributed by atoms with E-state index in [4.69, 9.17) is 5.11 Å². The van der Waals surface area contributed by atoms with Crippen LogP contribution >= 0.6 is 11.3 Å². The molecule has 15 heavy (non-hydrogen) atoms. The largest absolute Gasteiger partial charge is 0.481 e. The molecule has 0 saturated carbocycles. The van der Waals surface area contributed by atoms with Crippen LogP contribution in [-0.2, 0) is 11.3 Å². The van der Waals surface area contributed by atoms with Gasteiger partial charge in [0.15, 0.2) is 0 Å². The van der Waals surface area contributed by atoms with Gasteiger partial charge in [0.2, 0.25) is 0 Å². The number of carbonyl (C=O) groups is 1. The van der Waals surface area contributed by atoms with Crippen molar-refractivity contribution in [3.05, 3.63) is 16.1 Å². The van der Waals surface area contributed by atoms with Crippen LogP contribution in [0.3, 0.4) is 0 Å². The lowest BCUT2D eigenvalue weighted by atomic mass is 10.2. The van der Waals surface area contributed by atoms with Crippen molar-refractivity contribution in [3.8, 4) is 0 Å². The first-order chi connectivity index (χ1) is 6.99. The molecule has 4 nitrogen and oxygen atoms in total. The number of thiazole rings is 1. The maximum absolute atomic E-state index is 10.5. The van der Waals surface area contributed by atoms with Gasteiger partial charge in [-0.3, -0.25) is 9.69 Å². The summed E-state index contributed by atoms with van der Waals surface area (Å²) >= 11 is 1.62. The Bertz CT molecular complexity index is 338. The highest BCUT2D eigenvalue weighted by Gasteiger charge is 2.14. The maximum Gasteiger partial charge on any atom is 0.304 e. The Labute approximate surface area is 93.6 Å². The lowest BCUT2D eigenvalue weighted by Gasteiger charge is -2.22. The van der Waals surface area contributed by atoms with E-state index in [1.165, 1.54) is 0 Å². The van der Waals surface area contributed by atoms with Crippen LogP contribution in [0.25, 0.3) is 0 Å². The third-order valence-electron chi connectivity index (χ3n) is 2.30. The highest BCUT2D eigenvalue weighted by Crippen LogP contribution is 2.12. The number of aryl methyl sites for hydroxylation is 1. The van der Waals surface area contributed by atoms with Gasteiger partial charge in [-0.2, -0.15) is 0 Å². The Balaban J connectivity index is 2.47. The predicted octanol–water partition coefficient (Wildman–Crippen LogP) is 1.75. The molecule has 0 bridgehead atoms. The molecule has 0 amide bonds. The van der Waals surface area contributed by atoms with Crippen LogP contribution in [0.4, 0.5) is 0 Å². The number of hydrogen-bond donors (Lipinski definition) is 1. The van der Waals surface area contributed by atoms with Gasteiger partial charge in [0, 0.05) is 18.0 Å². The van der Waals surface area contributed by atoms with Crippen LogP contribution in [0.1, 0.15) is 24.0 Å². The van der Waals surface area contributed by atoms with Crippen molar-refractivity contribution < 1.29 is 9.90 Å². The molecule has 1 N–H and O–H groups in total.